The lowest BCUT2D eigenvalue weighted by Gasteiger charge is -1.94. The number of halogens is 1. The molecule has 0 amide bonds. The summed E-state index contributed by atoms with van der Waals surface area (Å²) < 4.78 is 9.61. The maximum atomic E-state index is 5.18. The molecule has 1 heterocycles. The van der Waals surface area contributed by atoms with Crippen LogP contribution in [0.1, 0.15) is 0 Å². The van der Waals surface area contributed by atoms with Gasteiger partial charge in [0.05, 0.1) is 0 Å². The minimum absolute atomic E-state index is 0.107. The molecule has 0 radical (unpaired) electrons. The second-order valence-corrected chi connectivity index (χ2v) is 1.75. The fourth-order valence-electron chi connectivity index (χ4n) is 0.475. The van der Waals surface area contributed by atoms with E-state index in [1.54, 1.807) is 7.11 Å². The van der Waals surface area contributed by atoms with Crippen LogP contribution in [0.3, 0.4) is 0 Å². The van der Waals surface area contributed by atoms with Gasteiger partial charge in [0, 0.05) is 7.11 Å². The van der Waals surface area contributed by atoms with E-state index in [0.29, 0.717) is 0 Å². The molecule has 2 unspecified atom stereocenters. The molecular formula is C4H8ClNO3. The maximum absolute atomic E-state index is 5.18. The summed E-state index contributed by atoms with van der Waals surface area (Å²) in [6.45, 7) is 0. The molecule has 1 aliphatic rings. The number of ether oxygens (including phenoxy) is 2. The van der Waals surface area contributed by atoms with E-state index in [0.717, 1.165) is 0 Å². The van der Waals surface area contributed by atoms with Gasteiger partial charge in [0.15, 0.2) is 6.23 Å². The molecular weight excluding hydrogens is 146 g/mol. The van der Waals surface area contributed by atoms with Gasteiger partial charge in [-0.2, -0.15) is 5.48 Å². The van der Waals surface area contributed by atoms with Gasteiger partial charge in [-0.05, 0) is 0 Å². The number of hydroxylamine groups is 1. The summed E-state index contributed by atoms with van der Waals surface area (Å²) in [5.74, 6) is 0. The van der Waals surface area contributed by atoms with Gasteiger partial charge in [-0.15, -0.1) is 0 Å². The number of hydrogen-bond donors (Lipinski definition) is 1. The van der Waals surface area contributed by atoms with Crippen LogP contribution >= 0.6 is 11.6 Å². The SMILES string of the molecule is COC1OC1NOCCl. The smallest absolute Gasteiger partial charge is 0.201 e. The predicted molar refractivity (Wildman–Crippen MR) is 30.6 cm³/mol. The highest BCUT2D eigenvalue weighted by molar-refractivity contribution is 6.17. The Kier molecular flexibility index (Phi) is 2.68. The van der Waals surface area contributed by atoms with Crippen molar-refractivity contribution in [2.45, 2.75) is 12.5 Å². The molecule has 0 bridgehead atoms. The summed E-state index contributed by atoms with van der Waals surface area (Å²) in [5.41, 5.74) is 2.53. The predicted octanol–water partition coefficient (Wildman–Crippen LogP) is 0.0327. The second kappa shape index (κ2) is 3.34. The highest BCUT2D eigenvalue weighted by Crippen LogP contribution is 2.18. The molecule has 2 atom stereocenters. The molecule has 1 saturated heterocycles. The van der Waals surface area contributed by atoms with Crippen molar-refractivity contribution in [2.75, 3.05) is 13.2 Å². The maximum Gasteiger partial charge on any atom is 0.201 e. The number of alkyl halides is 1. The average Bonchev–Trinajstić information content (AvgIpc) is 2.62. The van der Waals surface area contributed by atoms with Crippen LogP contribution in [0.25, 0.3) is 0 Å². The zero-order valence-corrected chi connectivity index (χ0v) is 5.72. The fourth-order valence-corrected chi connectivity index (χ4v) is 0.538. The van der Waals surface area contributed by atoms with Crippen LogP contribution in [0.2, 0.25) is 0 Å². The van der Waals surface area contributed by atoms with E-state index in [1.165, 1.54) is 0 Å². The molecule has 1 aliphatic heterocycles. The number of rotatable bonds is 4. The van der Waals surface area contributed by atoms with Gasteiger partial charge in [-0.3, -0.25) is 4.84 Å². The molecule has 0 saturated carbocycles. The lowest BCUT2D eigenvalue weighted by molar-refractivity contribution is 0.0449. The van der Waals surface area contributed by atoms with Crippen molar-refractivity contribution in [3.63, 3.8) is 0 Å². The third-order valence-electron chi connectivity index (χ3n) is 0.938. The Hall–Kier alpha value is 0.130. The zero-order valence-electron chi connectivity index (χ0n) is 4.96. The van der Waals surface area contributed by atoms with Crippen LogP contribution in [0.15, 0.2) is 0 Å². The molecule has 1 rings (SSSR count). The highest BCUT2D eigenvalue weighted by Gasteiger charge is 2.39. The van der Waals surface area contributed by atoms with Gasteiger partial charge in [-0.25, -0.2) is 0 Å². The van der Waals surface area contributed by atoms with Crippen molar-refractivity contribution in [1.82, 2.24) is 5.48 Å². The normalized spacial score (nSPS) is 32.7. The number of epoxide rings is 1. The van der Waals surface area contributed by atoms with Crippen molar-refractivity contribution in [3.05, 3.63) is 0 Å². The Balaban J connectivity index is 1.92. The third-order valence-corrected chi connectivity index (χ3v) is 1.05. The van der Waals surface area contributed by atoms with E-state index in [1.807, 2.05) is 0 Å². The number of hydrogen-bond acceptors (Lipinski definition) is 4. The van der Waals surface area contributed by atoms with Crippen molar-refractivity contribution in [1.29, 1.82) is 0 Å². The molecule has 0 aliphatic carbocycles. The fraction of sp³-hybridized carbons (Fsp3) is 1.00. The number of methoxy groups -OCH3 is 1. The van der Waals surface area contributed by atoms with E-state index >= 15 is 0 Å². The monoisotopic (exact) mass is 153 g/mol. The molecule has 0 aromatic heterocycles. The molecule has 9 heavy (non-hydrogen) atoms. The summed E-state index contributed by atoms with van der Waals surface area (Å²) >= 11 is 5.18. The zero-order chi connectivity index (χ0) is 6.69. The molecule has 0 aromatic rings. The van der Waals surface area contributed by atoms with E-state index in [2.05, 4.69) is 10.3 Å². The average molecular weight is 154 g/mol. The summed E-state index contributed by atoms with van der Waals surface area (Å²) in [7, 11) is 1.56. The first-order chi connectivity index (χ1) is 4.38. The first kappa shape index (κ1) is 7.24. The minimum Gasteiger partial charge on any atom is -0.352 e. The summed E-state index contributed by atoms with van der Waals surface area (Å²) in [6, 6.07) is 0.107. The van der Waals surface area contributed by atoms with Gasteiger partial charge in [0.1, 0.15) is 6.07 Å². The van der Waals surface area contributed by atoms with Crippen molar-refractivity contribution in [2.24, 2.45) is 0 Å². The first-order valence-corrected chi connectivity index (χ1v) is 3.03. The molecule has 0 spiro atoms. The quantitative estimate of drug-likeness (QED) is 0.352. The van der Waals surface area contributed by atoms with E-state index < -0.39 is 0 Å². The van der Waals surface area contributed by atoms with Gasteiger partial charge in [0.25, 0.3) is 0 Å². The van der Waals surface area contributed by atoms with Crippen molar-refractivity contribution >= 4 is 11.6 Å². The molecule has 1 fully saturated rings. The molecule has 54 valence electrons. The van der Waals surface area contributed by atoms with Crippen LogP contribution in [0.4, 0.5) is 0 Å². The lowest BCUT2D eigenvalue weighted by atomic mass is 10.7. The van der Waals surface area contributed by atoms with Crippen LogP contribution < -0.4 is 5.48 Å². The van der Waals surface area contributed by atoms with Crippen LogP contribution in [0.5, 0.6) is 0 Å². The molecule has 1 N–H and O–H groups in total. The Morgan fingerprint density at radius 2 is 2.56 bits per heavy atom. The van der Waals surface area contributed by atoms with E-state index in [-0.39, 0.29) is 18.6 Å². The Morgan fingerprint density at radius 3 is 3.00 bits per heavy atom. The highest BCUT2D eigenvalue weighted by atomic mass is 35.5. The van der Waals surface area contributed by atoms with Gasteiger partial charge >= 0.3 is 0 Å². The van der Waals surface area contributed by atoms with Crippen LogP contribution in [-0.2, 0) is 14.3 Å². The van der Waals surface area contributed by atoms with Crippen molar-refractivity contribution < 1.29 is 14.3 Å². The Labute approximate surface area is 58.0 Å². The van der Waals surface area contributed by atoms with E-state index in [4.69, 9.17) is 21.1 Å². The second-order valence-electron chi connectivity index (χ2n) is 1.53. The first-order valence-electron chi connectivity index (χ1n) is 2.50. The molecule has 5 heteroatoms. The lowest BCUT2D eigenvalue weighted by Crippen LogP contribution is -2.19. The summed E-state index contributed by atoms with van der Waals surface area (Å²) in [5, 5.41) is 0. The largest absolute Gasteiger partial charge is 0.352 e. The Bertz CT molecular complexity index is 91.9. The third kappa shape index (κ3) is 2.08. The van der Waals surface area contributed by atoms with Crippen LogP contribution in [-0.4, -0.2) is 25.7 Å². The van der Waals surface area contributed by atoms with E-state index in [9.17, 15) is 0 Å². The van der Waals surface area contributed by atoms with Gasteiger partial charge in [0.2, 0.25) is 6.29 Å². The van der Waals surface area contributed by atoms with Crippen molar-refractivity contribution in [3.8, 4) is 0 Å². The van der Waals surface area contributed by atoms with Crippen LogP contribution in [0, 0.1) is 0 Å². The molecule has 4 nitrogen and oxygen atoms in total. The molecule has 0 aromatic carbocycles. The van der Waals surface area contributed by atoms with Gasteiger partial charge in [-0.1, -0.05) is 11.6 Å². The summed E-state index contributed by atoms with van der Waals surface area (Å²) in [4.78, 5) is 4.60. The standard InChI is InChI=1S/C4H8ClNO3/c1-7-4-3(9-4)6-8-2-5/h3-4,6H,2H2,1H3. The topological polar surface area (TPSA) is 43.0 Å². The number of nitrogens with one attached hydrogen (secondary N) is 1. The minimum atomic E-state index is -0.173. The van der Waals surface area contributed by atoms with Gasteiger partial charge < -0.3 is 9.47 Å². The summed E-state index contributed by atoms with van der Waals surface area (Å²) in [6.07, 6.45) is -0.318. The Morgan fingerprint density at radius 1 is 1.78 bits per heavy atom.